The van der Waals surface area contributed by atoms with E-state index in [1.165, 1.54) is 11.3 Å². The van der Waals surface area contributed by atoms with Gasteiger partial charge in [-0.25, -0.2) is 0 Å². The molecule has 0 aromatic carbocycles. The molecule has 0 aliphatic carbocycles. The number of carbonyl (C=O) groups is 1. The summed E-state index contributed by atoms with van der Waals surface area (Å²) < 4.78 is 0.967. The molecule has 0 saturated heterocycles. The predicted octanol–water partition coefficient (Wildman–Crippen LogP) is 3.14. The molecule has 0 aliphatic heterocycles. The second-order valence-corrected chi connectivity index (χ2v) is 5.49. The van der Waals surface area contributed by atoms with E-state index in [0.29, 0.717) is 17.1 Å². The minimum Gasteiger partial charge on any atom is -0.396 e. The fourth-order valence-electron chi connectivity index (χ4n) is 2.00. The standard InChI is InChI=1S/C14H19N3OS/c1-3-5-9-17(4-2)14(18)13-11(15)12-10(19-13)7-6-8-16-12/h6-8H,3-5,9,15H2,1-2H3. The maximum absolute atomic E-state index is 12.5. The third-order valence-electron chi connectivity index (χ3n) is 3.13. The lowest BCUT2D eigenvalue weighted by atomic mass is 10.2. The molecule has 4 nitrogen and oxygen atoms in total. The summed E-state index contributed by atoms with van der Waals surface area (Å²) in [4.78, 5) is 19.2. The first-order chi connectivity index (χ1) is 9.19. The number of fused-ring (bicyclic) bond motifs is 1. The smallest absolute Gasteiger partial charge is 0.266 e. The molecule has 0 bridgehead atoms. The number of unbranched alkanes of at least 4 members (excludes halogenated alkanes) is 1. The summed E-state index contributed by atoms with van der Waals surface area (Å²) in [5, 5.41) is 0. The molecule has 2 rings (SSSR count). The molecule has 0 radical (unpaired) electrons. The molecule has 5 heteroatoms. The first kappa shape index (κ1) is 13.8. The third kappa shape index (κ3) is 2.71. The highest BCUT2D eigenvalue weighted by molar-refractivity contribution is 7.21. The van der Waals surface area contributed by atoms with E-state index < -0.39 is 0 Å². The molecule has 19 heavy (non-hydrogen) atoms. The summed E-state index contributed by atoms with van der Waals surface area (Å²) in [5.74, 6) is 0.0245. The zero-order valence-corrected chi connectivity index (χ0v) is 12.2. The van der Waals surface area contributed by atoms with Crippen LogP contribution >= 0.6 is 11.3 Å². The first-order valence-corrected chi connectivity index (χ1v) is 7.42. The number of hydrogen-bond donors (Lipinski definition) is 1. The van der Waals surface area contributed by atoms with Crippen molar-refractivity contribution >= 4 is 33.1 Å². The second-order valence-electron chi connectivity index (χ2n) is 4.43. The Kier molecular flexibility index (Phi) is 4.37. The molecule has 2 aromatic heterocycles. The average molecular weight is 277 g/mol. The first-order valence-electron chi connectivity index (χ1n) is 6.61. The number of nitrogen functional groups attached to an aromatic ring is 1. The van der Waals surface area contributed by atoms with E-state index in [-0.39, 0.29) is 5.91 Å². The summed E-state index contributed by atoms with van der Waals surface area (Å²) >= 11 is 1.43. The highest BCUT2D eigenvalue weighted by atomic mass is 32.1. The van der Waals surface area contributed by atoms with Crippen molar-refractivity contribution in [1.82, 2.24) is 9.88 Å². The maximum Gasteiger partial charge on any atom is 0.266 e. The minimum absolute atomic E-state index is 0.0245. The quantitative estimate of drug-likeness (QED) is 0.913. The van der Waals surface area contributed by atoms with Gasteiger partial charge in [0.2, 0.25) is 0 Å². The molecule has 2 N–H and O–H groups in total. The summed E-state index contributed by atoms with van der Waals surface area (Å²) in [5.41, 5.74) is 7.31. The Morgan fingerprint density at radius 2 is 2.26 bits per heavy atom. The second kappa shape index (κ2) is 6.02. The lowest BCUT2D eigenvalue weighted by Crippen LogP contribution is -2.31. The highest BCUT2D eigenvalue weighted by Crippen LogP contribution is 2.32. The molecule has 0 spiro atoms. The molecule has 1 amide bonds. The van der Waals surface area contributed by atoms with Crippen LogP contribution in [0, 0.1) is 0 Å². The molecule has 0 unspecified atom stereocenters. The van der Waals surface area contributed by atoms with E-state index in [2.05, 4.69) is 11.9 Å². The monoisotopic (exact) mass is 277 g/mol. The number of aromatic nitrogens is 1. The van der Waals surface area contributed by atoms with Crippen molar-refractivity contribution in [1.29, 1.82) is 0 Å². The van der Waals surface area contributed by atoms with E-state index in [9.17, 15) is 4.79 Å². The van der Waals surface area contributed by atoms with Crippen LogP contribution in [0.4, 0.5) is 5.69 Å². The van der Waals surface area contributed by atoms with Crippen molar-refractivity contribution < 1.29 is 4.79 Å². The van der Waals surface area contributed by atoms with Gasteiger partial charge in [-0.05, 0) is 25.5 Å². The Morgan fingerprint density at radius 3 is 2.89 bits per heavy atom. The van der Waals surface area contributed by atoms with Gasteiger partial charge in [-0.1, -0.05) is 13.3 Å². The fourth-order valence-corrected chi connectivity index (χ4v) is 3.05. The van der Waals surface area contributed by atoms with Gasteiger partial charge >= 0.3 is 0 Å². The van der Waals surface area contributed by atoms with E-state index in [1.54, 1.807) is 6.20 Å². The highest BCUT2D eigenvalue weighted by Gasteiger charge is 2.21. The number of rotatable bonds is 5. The van der Waals surface area contributed by atoms with E-state index in [4.69, 9.17) is 5.73 Å². The van der Waals surface area contributed by atoms with Gasteiger partial charge < -0.3 is 10.6 Å². The van der Waals surface area contributed by atoms with Crippen molar-refractivity contribution in [3.63, 3.8) is 0 Å². The van der Waals surface area contributed by atoms with Crippen LogP contribution in [0.25, 0.3) is 10.2 Å². The van der Waals surface area contributed by atoms with Gasteiger partial charge in [0.25, 0.3) is 5.91 Å². The van der Waals surface area contributed by atoms with E-state index >= 15 is 0 Å². The summed E-state index contributed by atoms with van der Waals surface area (Å²) in [7, 11) is 0. The van der Waals surface area contributed by atoms with Crippen molar-refractivity contribution in [3.05, 3.63) is 23.2 Å². The van der Waals surface area contributed by atoms with Gasteiger partial charge in [0.15, 0.2) is 0 Å². The van der Waals surface area contributed by atoms with Crippen molar-refractivity contribution in [2.24, 2.45) is 0 Å². The number of carbonyl (C=O) groups excluding carboxylic acids is 1. The molecule has 0 aliphatic rings. The number of anilines is 1. The van der Waals surface area contributed by atoms with Gasteiger partial charge in [-0.15, -0.1) is 11.3 Å². The summed E-state index contributed by atoms with van der Waals surface area (Å²) in [6.45, 7) is 5.61. The number of hydrogen-bond acceptors (Lipinski definition) is 4. The number of nitrogens with two attached hydrogens (primary N) is 1. The normalized spacial score (nSPS) is 10.8. The van der Waals surface area contributed by atoms with E-state index in [0.717, 1.165) is 29.6 Å². The third-order valence-corrected chi connectivity index (χ3v) is 4.28. The van der Waals surface area contributed by atoms with Crippen LogP contribution in [-0.4, -0.2) is 28.9 Å². The molecule has 0 fully saturated rings. The van der Waals surface area contributed by atoms with Crippen molar-refractivity contribution in [3.8, 4) is 0 Å². The van der Waals surface area contributed by atoms with Crippen LogP contribution in [0.3, 0.4) is 0 Å². The predicted molar refractivity (Wildman–Crippen MR) is 80.5 cm³/mol. The Hall–Kier alpha value is -1.62. The molecular weight excluding hydrogens is 258 g/mol. The molecular formula is C14H19N3OS. The Balaban J connectivity index is 2.32. The van der Waals surface area contributed by atoms with Crippen LogP contribution in [0.1, 0.15) is 36.4 Å². The molecule has 0 atom stereocenters. The Labute approximate surface area is 117 Å². The van der Waals surface area contributed by atoms with Crippen molar-refractivity contribution in [2.75, 3.05) is 18.8 Å². The van der Waals surface area contributed by atoms with Gasteiger partial charge in [0, 0.05) is 19.3 Å². The number of amides is 1. The van der Waals surface area contributed by atoms with Gasteiger partial charge in [0.1, 0.15) is 10.4 Å². The lowest BCUT2D eigenvalue weighted by Gasteiger charge is -2.19. The van der Waals surface area contributed by atoms with Gasteiger partial charge in [-0.3, -0.25) is 9.78 Å². The Bertz CT molecular complexity index is 579. The van der Waals surface area contributed by atoms with Crippen LogP contribution in [0.2, 0.25) is 0 Å². The zero-order valence-electron chi connectivity index (χ0n) is 11.3. The van der Waals surface area contributed by atoms with Crippen LogP contribution in [-0.2, 0) is 0 Å². The van der Waals surface area contributed by atoms with Crippen LogP contribution < -0.4 is 5.73 Å². The Morgan fingerprint density at radius 1 is 1.47 bits per heavy atom. The summed E-state index contributed by atoms with van der Waals surface area (Å²) in [6, 6.07) is 3.81. The summed E-state index contributed by atoms with van der Waals surface area (Å²) in [6.07, 6.45) is 3.80. The largest absolute Gasteiger partial charge is 0.396 e. The maximum atomic E-state index is 12.5. The van der Waals surface area contributed by atoms with Crippen LogP contribution in [0.15, 0.2) is 18.3 Å². The van der Waals surface area contributed by atoms with Gasteiger partial charge in [0.05, 0.1) is 10.4 Å². The molecule has 2 aromatic rings. The van der Waals surface area contributed by atoms with Gasteiger partial charge in [-0.2, -0.15) is 0 Å². The number of pyridine rings is 1. The molecule has 102 valence electrons. The number of thiophene rings is 1. The number of nitrogens with zero attached hydrogens (tertiary/aromatic N) is 2. The average Bonchev–Trinajstić information content (AvgIpc) is 2.77. The van der Waals surface area contributed by atoms with Crippen molar-refractivity contribution in [2.45, 2.75) is 26.7 Å². The van der Waals surface area contributed by atoms with Crippen LogP contribution in [0.5, 0.6) is 0 Å². The lowest BCUT2D eigenvalue weighted by molar-refractivity contribution is 0.0768. The van der Waals surface area contributed by atoms with E-state index in [1.807, 2.05) is 24.0 Å². The topological polar surface area (TPSA) is 59.2 Å². The minimum atomic E-state index is 0.0245. The molecule has 2 heterocycles. The SMILES string of the molecule is CCCCN(CC)C(=O)c1sc2cccnc2c1N. The zero-order chi connectivity index (χ0) is 13.8. The fraction of sp³-hybridized carbons (Fsp3) is 0.429. The molecule has 0 saturated carbocycles.